The first-order valence-corrected chi connectivity index (χ1v) is 7.76. The second-order valence-electron chi connectivity index (χ2n) is 6.65. The first kappa shape index (κ1) is 15.8. The number of hydrogen-bond donors (Lipinski definition) is 1. The minimum Gasteiger partial charge on any atom is -0.368 e. The molecule has 1 aromatic heterocycles. The van der Waals surface area contributed by atoms with E-state index in [-0.39, 0.29) is 5.54 Å². The summed E-state index contributed by atoms with van der Waals surface area (Å²) in [6.07, 6.45) is 5.04. The van der Waals surface area contributed by atoms with Crippen molar-refractivity contribution in [1.82, 2.24) is 9.88 Å². The highest BCUT2D eigenvalue weighted by Gasteiger charge is 2.36. The molecule has 0 spiro atoms. The highest BCUT2D eigenvalue weighted by Crippen LogP contribution is 2.35. The molecule has 2 atom stereocenters. The lowest BCUT2D eigenvalue weighted by atomic mass is 9.75. The molecule has 1 heterocycles. The normalized spacial score (nSPS) is 25.6. The highest BCUT2D eigenvalue weighted by atomic mass is 15.2. The summed E-state index contributed by atoms with van der Waals surface area (Å²) in [5, 5.41) is 12.5. The number of aryl methyl sites for hydroxylation is 1. The maximum atomic E-state index is 9.08. The molecule has 114 valence electrons. The Balaban J connectivity index is 2.11. The predicted octanol–water partition coefficient (Wildman–Crippen LogP) is 3.18. The Bertz CT molecular complexity index is 532. The standard InChI is InChI=1S/C17H26N4/c1-13-6-5-9-17(10-13,21(3)4)12-19-16-8-7-14(2)15(11-18)20-16/h7-8,13H,5-6,9-10,12H2,1-4H3,(H,19,20). The van der Waals surface area contributed by atoms with Crippen molar-refractivity contribution >= 4 is 5.82 Å². The number of anilines is 1. The van der Waals surface area contributed by atoms with E-state index in [1.807, 2.05) is 19.1 Å². The van der Waals surface area contributed by atoms with E-state index >= 15 is 0 Å². The monoisotopic (exact) mass is 286 g/mol. The van der Waals surface area contributed by atoms with Gasteiger partial charge < -0.3 is 10.2 Å². The molecule has 0 bridgehead atoms. The fourth-order valence-electron chi connectivity index (χ4n) is 3.35. The van der Waals surface area contributed by atoms with Crippen molar-refractivity contribution in [2.24, 2.45) is 5.92 Å². The van der Waals surface area contributed by atoms with Crippen molar-refractivity contribution < 1.29 is 0 Å². The van der Waals surface area contributed by atoms with Crippen LogP contribution in [0.2, 0.25) is 0 Å². The zero-order valence-electron chi connectivity index (χ0n) is 13.6. The minimum atomic E-state index is 0.192. The summed E-state index contributed by atoms with van der Waals surface area (Å²) in [5.41, 5.74) is 1.63. The number of nitriles is 1. The minimum absolute atomic E-state index is 0.192. The molecular weight excluding hydrogens is 260 g/mol. The van der Waals surface area contributed by atoms with Crippen molar-refractivity contribution in [3.05, 3.63) is 23.4 Å². The number of nitrogens with one attached hydrogen (secondary N) is 1. The largest absolute Gasteiger partial charge is 0.368 e. The van der Waals surface area contributed by atoms with Crippen molar-refractivity contribution in [2.45, 2.75) is 45.1 Å². The Kier molecular flexibility index (Phi) is 4.84. The van der Waals surface area contributed by atoms with Gasteiger partial charge in [0, 0.05) is 12.1 Å². The van der Waals surface area contributed by atoms with Gasteiger partial charge in [-0.15, -0.1) is 0 Å². The molecule has 4 nitrogen and oxygen atoms in total. The molecule has 2 rings (SSSR count). The molecule has 1 N–H and O–H groups in total. The highest BCUT2D eigenvalue weighted by molar-refractivity contribution is 5.42. The van der Waals surface area contributed by atoms with Crippen molar-refractivity contribution in [3.8, 4) is 6.07 Å². The summed E-state index contributed by atoms with van der Waals surface area (Å²) in [4.78, 5) is 6.75. The van der Waals surface area contributed by atoms with Gasteiger partial charge >= 0.3 is 0 Å². The van der Waals surface area contributed by atoms with Gasteiger partial charge in [-0.25, -0.2) is 4.98 Å². The van der Waals surface area contributed by atoms with E-state index in [1.165, 1.54) is 25.7 Å². The first-order chi connectivity index (χ1) is 9.97. The van der Waals surface area contributed by atoms with Crippen LogP contribution < -0.4 is 5.32 Å². The van der Waals surface area contributed by atoms with E-state index in [0.717, 1.165) is 23.8 Å². The molecule has 0 saturated heterocycles. The Morgan fingerprint density at radius 2 is 2.24 bits per heavy atom. The van der Waals surface area contributed by atoms with Crippen LogP contribution in [0.25, 0.3) is 0 Å². The van der Waals surface area contributed by atoms with Crippen LogP contribution in [0, 0.1) is 24.2 Å². The molecule has 4 heteroatoms. The van der Waals surface area contributed by atoms with Crippen LogP contribution in [0.1, 0.15) is 43.9 Å². The van der Waals surface area contributed by atoms with Gasteiger partial charge in [-0.3, -0.25) is 0 Å². The Morgan fingerprint density at radius 3 is 2.86 bits per heavy atom. The smallest absolute Gasteiger partial charge is 0.145 e. The molecule has 0 aliphatic heterocycles. The lowest BCUT2D eigenvalue weighted by Crippen LogP contribution is -2.52. The number of aromatic nitrogens is 1. The van der Waals surface area contributed by atoms with Gasteiger partial charge in [0.2, 0.25) is 0 Å². The third-order valence-corrected chi connectivity index (χ3v) is 4.82. The average Bonchev–Trinajstić information content (AvgIpc) is 2.46. The molecule has 1 saturated carbocycles. The van der Waals surface area contributed by atoms with E-state index in [0.29, 0.717) is 5.69 Å². The number of hydrogen-bond acceptors (Lipinski definition) is 4. The van der Waals surface area contributed by atoms with Gasteiger partial charge in [0.05, 0.1) is 0 Å². The fourth-order valence-corrected chi connectivity index (χ4v) is 3.35. The Hall–Kier alpha value is -1.60. The summed E-state index contributed by atoms with van der Waals surface area (Å²) in [5.74, 6) is 1.57. The third-order valence-electron chi connectivity index (χ3n) is 4.82. The number of likely N-dealkylation sites (N-methyl/N-ethyl adjacent to an activating group) is 1. The second kappa shape index (κ2) is 6.44. The summed E-state index contributed by atoms with van der Waals surface area (Å²) < 4.78 is 0. The fraction of sp³-hybridized carbons (Fsp3) is 0.647. The summed E-state index contributed by atoms with van der Waals surface area (Å²) in [6, 6.07) is 6.07. The van der Waals surface area contributed by atoms with Crippen LogP contribution in [-0.4, -0.2) is 36.1 Å². The first-order valence-electron chi connectivity index (χ1n) is 7.76. The Labute approximate surface area is 128 Å². The molecular formula is C17H26N4. The SMILES string of the molecule is Cc1ccc(NCC2(N(C)C)CCCC(C)C2)nc1C#N. The zero-order valence-corrected chi connectivity index (χ0v) is 13.6. The maximum Gasteiger partial charge on any atom is 0.145 e. The van der Waals surface area contributed by atoms with Gasteiger partial charge in [-0.1, -0.05) is 25.8 Å². The lowest BCUT2D eigenvalue weighted by Gasteiger charge is -2.45. The average molecular weight is 286 g/mol. The summed E-state index contributed by atoms with van der Waals surface area (Å²) >= 11 is 0. The van der Waals surface area contributed by atoms with E-state index in [1.54, 1.807) is 0 Å². The molecule has 0 radical (unpaired) electrons. The number of pyridine rings is 1. The third kappa shape index (κ3) is 3.54. The Morgan fingerprint density at radius 1 is 1.48 bits per heavy atom. The molecule has 1 fully saturated rings. The summed E-state index contributed by atoms with van der Waals surface area (Å²) in [7, 11) is 4.34. The topological polar surface area (TPSA) is 52.0 Å². The molecule has 1 aliphatic rings. The maximum absolute atomic E-state index is 9.08. The van der Waals surface area contributed by atoms with Crippen LogP contribution in [0.15, 0.2) is 12.1 Å². The quantitative estimate of drug-likeness (QED) is 0.923. The van der Waals surface area contributed by atoms with E-state index < -0.39 is 0 Å². The molecule has 2 unspecified atom stereocenters. The van der Waals surface area contributed by atoms with Crippen molar-refractivity contribution in [1.29, 1.82) is 5.26 Å². The van der Waals surface area contributed by atoms with Gasteiger partial charge in [-0.05, 0) is 51.4 Å². The zero-order chi connectivity index (χ0) is 15.5. The van der Waals surface area contributed by atoms with Crippen LogP contribution in [0.3, 0.4) is 0 Å². The summed E-state index contributed by atoms with van der Waals surface area (Å²) in [6.45, 7) is 5.14. The number of rotatable bonds is 4. The van der Waals surface area contributed by atoms with Gasteiger partial charge in [0.25, 0.3) is 0 Å². The van der Waals surface area contributed by atoms with Crippen LogP contribution in [0.5, 0.6) is 0 Å². The second-order valence-corrected chi connectivity index (χ2v) is 6.65. The van der Waals surface area contributed by atoms with Crippen LogP contribution in [-0.2, 0) is 0 Å². The van der Waals surface area contributed by atoms with E-state index in [2.05, 4.69) is 42.3 Å². The van der Waals surface area contributed by atoms with E-state index in [4.69, 9.17) is 5.26 Å². The van der Waals surface area contributed by atoms with Crippen LogP contribution >= 0.6 is 0 Å². The van der Waals surface area contributed by atoms with E-state index in [9.17, 15) is 0 Å². The lowest BCUT2D eigenvalue weighted by molar-refractivity contribution is 0.0881. The number of nitrogens with zero attached hydrogens (tertiary/aromatic N) is 3. The molecule has 1 aromatic rings. The van der Waals surface area contributed by atoms with Gasteiger partial charge in [0.1, 0.15) is 17.6 Å². The van der Waals surface area contributed by atoms with Crippen LogP contribution in [0.4, 0.5) is 5.82 Å². The van der Waals surface area contributed by atoms with Crippen molar-refractivity contribution in [3.63, 3.8) is 0 Å². The molecule has 0 aromatic carbocycles. The molecule has 21 heavy (non-hydrogen) atoms. The molecule has 1 aliphatic carbocycles. The predicted molar refractivity (Wildman–Crippen MR) is 86.2 cm³/mol. The molecule has 0 amide bonds. The van der Waals surface area contributed by atoms with Gasteiger partial charge in [0.15, 0.2) is 0 Å². The van der Waals surface area contributed by atoms with Gasteiger partial charge in [-0.2, -0.15) is 5.26 Å². The van der Waals surface area contributed by atoms with Crippen molar-refractivity contribution in [2.75, 3.05) is 26.0 Å².